The van der Waals surface area contributed by atoms with Gasteiger partial charge in [-0.1, -0.05) is 11.6 Å². The van der Waals surface area contributed by atoms with Crippen LogP contribution in [0.15, 0.2) is 36.5 Å². The molecule has 2 heterocycles. The third-order valence-electron chi connectivity index (χ3n) is 3.46. The molecular weight excluding hydrogens is 302 g/mol. The molecular formula is C19H23N3O2. The summed E-state index contributed by atoms with van der Waals surface area (Å²) in [6.07, 6.45) is 2.03. The van der Waals surface area contributed by atoms with Crippen LogP contribution in [0.2, 0.25) is 0 Å². The largest absolute Gasteiger partial charge is 0.475 e. The molecule has 1 aromatic carbocycles. The average Bonchev–Trinajstić information content (AvgIpc) is 2.88. The Morgan fingerprint density at radius 1 is 0.917 bits per heavy atom. The SMILES string of the molecule is Cc1ccc2c(ccn2-c2cc(OC(C)C)nc(OC(C)C)n2)c1. The van der Waals surface area contributed by atoms with E-state index in [-0.39, 0.29) is 12.2 Å². The Morgan fingerprint density at radius 3 is 2.38 bits per heavy atom. The zero-order valence-corrected chi connectivity index (χ0v) is 14.8. The lowest BCUT2D eigenvalue weighted by molar-refractivity contribution is 0.203. The Balaban J connectivity index is 2.10. The van der Waals surface area contributed by atoms with Crippen molar-refractivity contribution in [3.05, 3.63) is 42.1 Å². The molecule has 0 unspecified atom stereocenters. The highest BCUT2D eigenvalue weighted by molar-refractivity contribution is 5.82. The summed E-state index contributed by atoms with van der Waals surface area (Å²) in [5.41, 5.74) is 2.32. The van der Waals surface area contributed by atoms with Gasteiger partial charge in [-0.3, -0.25) is 0 Å². The summed E-state index contributed by atoms with van der Waals surface area (Å²) in [6, 6.07) is 10.6. The highest BCUT2D eigenvalue weighted by Gasteiger charge is 2.12. The zero-order chi connectivity index (χ0) is 17.3. The number of rotatable bonds is 5. The maximum atomic E-state index is 5.76. The van der Waals surface area contributed by atoms with Gasteiger partial charge in [-0.2, -0.15) is 9.97 Å². The molecule has 0 aliphatic rings. The van der Waals surface area contributed by atoms with E-state index in [9.17, 15) is 0 Å². The van der Waals surface area contributed by atoms with Crippen LogP contribution in [0.3, 0.4) is 0 Å². The van der Waals surface area contributed by atoms with Gasteiger partial charge in [-0.15, -0.1) is 0 Å². The molecule has 2 aromatic heterocycles. The first-order valence-corrected chi connectivity index (χ1v) is 8.23. The molecule has 3 rings (SSSR count). The quantitative estimate of drug-likeness (QED) is 0.701. The molecule has 0 fully saturated rings. The number of aryl methyl sites for hydroxylation is 1. The van der Waals surface area contributed by atoms with Crippen LogP contribution in [0.1, 0.15) is 33.3 Å². The number of benzene rings is 1. The van der Waals surface area contributed by atoms with Crippen LogP contribution >= 0.6 is 0 Å². The lowest BCUT2D eigenvalue weighted by Gasteiger charge is -2.14. The van der Waals surface area contributed by atoms with E-state index >= 15 is 0 Å². The van der Waals surface area contributed by atoms with Crippen molar-refractivity contribution in [3.8, 4) is 17.7 Å². The van der Waals surface area contributed by atoms with Crippen LogP contribution < -0.4 is 9.47 Å². The molecule has 0 atom stereocenters. The van der Waals surface area contributed by atoms with E-state index in [1.807, 2.05) is 44.5 Å². The van der Waals surface area contributed by atoms with E-state index in [0.29, 0.717) is 11.9 Å². The van der Waals surface area contributed by atoms with Gasteiger partial charge in [0.05, 0.1) is 17.7 Å². The fourth-order valence-electron chi connectivity index (χ4n) is 2.54. The number of ether oxygens (including phenoxy) is 2. The number of fused-ring (bicyclic) bond motifs is 1. The summed E-state index contributed by atoms with van der Waals surface area (Å²) < 4.78 is 13.5. The Hall–Kier alpha value is -2.56. The van der Waals surface area contributed by atoms with Crippen molar-refractivity contribution in [1.29, 1.82) is 0 Å². The highest BCUT2D eigenvalue weighted by Crippen LogP contribution is 2.24. The minimum atomic E-state index is -0.00351. The Kier molecular flexibility index (Phi) is 4.42. The number of nitrogens with zero attached hydrogens (tertiary/aromatic N) is 3. The van der Waals surface area contributed by atoms with Crippen LogP contribution in [-0.2, 0) is 0 Å². The minimum absolute atomic E-state index is 0.00351. The molecule has 24 heavy (non-hydrogen) atoms. The summed E-state index contributed by atoms with van der Waals surface area (Å²) >= 11 is 0. The number of hydrogen-bond acceptors (Lipinski definition) is 4. The first-order chi connectivity index (χ1) is 11.4. The van der Waals surface area contributed by atoms with Crippen LogP contribution in [0.4, 0.5) is 0 Å². The normalized spacial score (nSPS) is 11.5. The zero-order valence-electron chi connectivity index (χ0n) is 14.8. The first-order valence-electron chi connectivity index (χ1n) is 8.23. The Morgan fingerprint density at radius 2 is 1.67 bits per heavy atom. The predicted octanol–water partition coefficient (Wildman–Crippen LogP) is 4.30. The maximum Gasteiger partial charge on any atom is 0.321 e. The topological polar surface area (TPSA) is 49.2 Å². The van der Waals surface area contributed by atoms with Gasteiger partial charge >= 0.3 is 6.01 Å². The highest BCUT2D eigenvalue weighted by atomic mass is 16.5. The fraction of sp³-hybridized carbons (Fsp3) is 0.368. The van der Waals surface area contributed by atoms with Crippen LogP contribution in [0.5, 0.6) is 11.9 Å². The van der Waals surface area contributed by atoms with E-state index in [0.717, 1.165) is 11.3 Å². The van der Waals surface area contributed by atoms with Crippen LogP contribution in [-0.4, -0.2) is 26.7 Å². The van der Waals surface area contributed by atoms with Gasteiger partial charge in [-0.05, 0) is 52.8 Å². The van der Waals surface area contributed by atoms with Gasteiger partial charge in [0.2, 0.25) is 5.88 Å². The minimum Gasteiger partial charge on any atom is -0.475 e. The number of hydrogen-bond donors (Lipinski definition) is 0. The summed E-state index contributed by atoms with van der Waals surface area (Å²) in [6.45, 7) is 9.93. The summed E-state index contributed by atoms with van der Waals surface area (Å²) in [4.78, 5) is 8.89. The average molecular weight is 325 g/mol. The van der Waals surface area contributed by atoms with E-state index in [1.165, 1.54) is 10.9 Å². The fourth-order valence-corrected chi connectivity index (χ4v) is 2.54. The number of aromatic nitrogens is 3. The molecule has 0 aliphatic carbocycles. The third kappa shape index (κ3) is 3.50. The van der Waals surface area contributed by atoms with Gasteiger partial charge in [0, 0.05) is 17.6 Å². The lowest BCUT2D eigenvalue weighted by atomic mass is 10.2. The van der Waals surface area contributed by atoms with Crippen LogP contribution in [0.25, 0.3) is 16.7 Å². The van der Waals surface area contributed by atoms with Gasteiger partial charge in [0.15, 0.2) is 0 Å². The first kappa shape index (κ1) is 16.3. The molecule has 0 amide bonds. The molecule has 0 aliphatic heterocycles. The van der Waals surface area contributed by atoms with Gasteiger partial charge < -0.3 is 14.0 Å². The molecule has 5 nitrogen and oxygen atoms in total. The second-order valence-electron chi connectivity index (χ2n) is 6.43. The second kappa shape index (κ2) is 6.51. The van der Waals surface area contributed by atoms with Crippen molar-refractivity contribution < 1.29 is 9.47 Å². The Labute approximate surface area is 142 Å². The van der Waals surface area contributed by atoms with E-state index < -0.39 is 0 Å². The summed E-state index contributed by atoms with van der Waals surface area (Å²) in [5, 5.41) is 1.17. The van der Waals surface area contributed by atoms with Gasteiger partial charge in [0.1, 0.15) is 5.82 Å². The molecule has 5 heteroatoms. The van der Waals surface area contributed by atoms with Gasteiger partial charge in [0.25, 0.3) is 0 Å². The van der Waals surface area contributed by atoms with Crippen molar-refractivity contribution in [1.82, 2.24) is 14.5 Å². The summed E-state index contributed by atoms with van der Waals surface area (Å²) in [7, 11) is 0. The standard InChI is InChI=1S/C19H23N3O2/c1-12(2)23-18-11-17(20-19(21-18)24-13(3)4)22-9-8-15-10-14(5)6-7-16(15)22/h6-13H,1-5H3. The Bertz CT molecular complexity index is 825. The monoisotopic (exact) mass is 325 g/mol. The van der Waals surface area contributed by atoms with Gasteiger partial charge in [-0.25, -0.2) is 0 Å². The lowest BCUT2D eigenvalue weighted by Crippen LogP contribution is -2.13. The molecule has 126 valence electrons. The summed E-state index contributed by atoms with van der Waals surface area (Å²) in [5.74, 6) is 1.25. The molecule has 0 radical (unpaired) electrons. The molecule has 0 saturated heterocycles. The van der Waals surface area contributed by atoms with Crippen molar-refractivity contribution in [2.75, 3.05) is 0 Å². The predicted molar refractivity (Wildman–Crippen MR) is 95.1 cm³/mol. The van der Waals surface area contributed by atoms with E-state index in [1.54, 1.807) is 0 Å². The van der Waals surface area contributed by atoms with Crippen molar-refractivity contribution >= 4 is 10.9 Å². The van der Waals surface area contributed by atoms with Crippen molar-refractivity contribution in [2.24, 2.45) is 0 Å². The molecule has 0 N–H and O–H groups in total. The van der Waals surface area contributed by atoms with E-state index in [4.69, 9.17) is 9.47 Å². The maximum absolute atomic E-state index is 5.76. The molecule has 0 saturated carbocycles. The molecule has 0 spiro atoms. The van der Waals surface area contributed by atoms with Crippen molar-refractivity contribution in [2.45, 2.75) is 46.8 Å². The molecule has 0 bridgehead atoms. The smallest absolute Gasteiger partial charge is 0.321 e. The van der Waals surface area contributed by atoms with E-state index in [2.05, 4.69) is 41.2 Å². The second-order valence-corrected chi connectivity index (χ2v) is 6.43. The molecule has 3 aromatic rings. The van der Waals surface area contributed by atoms with Crippen molar-refractivity contribution in [3.63, 3.8) is 0 Å². The van der Waals surface area contributed by atoms with Crippen LogP contribution in [0, 0.1) is 6.92 Å². The third-order valence-corrected chi connectivity index (χ3v) is 3.46.